The van der Waals surface area contributed by atoms with Gasteiger partial charge in [-0.3, -0.25) is 37.3 Å². The van der Waals surface area contributed by atoms with Gasteiger partial charge in [0.1, 0.15) is 19.3 Å². The first kappa shape index (κ1) is 91.5. The lowest BCUT2D eigenvalue weighted by Gasteiger charge is -2.21. The highest BCUT2D eigenvalue weighted by Gasteiger charge is 2.30. The summed E-state index contributed by atoms with van der Waals surface area (Å²) in [6.45, 7) is 11.8. The van der Waals surface area contributed by atoms with E-state index in [9.17, 15) is 43.2 Å². The van der Waals surface area contributed by atoms with Gasteiger partial charge in [-0.25, -0.2) is 9.13 Å². The molecule has 6 atom stereocenters. The molecule has 17 nitrogen and oxygen atoms in total. The van der Waals surface area contributed by atoms with Crippen LogP contribution in [0, 0.1) is 17.8 Å². The van der Waals surface area contributed by atoms with E-state index in [2.05, 4.69) is 72.8 Å². The number of hydrogen-bond donors (Lipinski definition) is 3. The first-order valence-corrected chi connectivity index (χ1v) is 41.2. The van der Waals surface area contributed by atoms with Gasteiger partial charge in [-0.1, -0.05) is 304 Å². The average Bonchev–Trinajstić information content (AvgIpc) is 1.53. The molecule has 554 valence electrons. The number of hydrogen-bond acceptors (Lipinski definition) is 15. The first-order valence-electron chi connectivity index (χ1n) is 38.2. The molecule has 0 fully saturated rings. The standard InChI is InChI=1S/C75H142O17P2/c1-8-10-11-12-13-14-15-16-17-20-23-30-35-44-51-58-75(80)92-71(63-86-73(78)57-50-43-38-37-40-47-54-67(5)6)65-90-94(83,84)88-61-69(76)60-87-93(81,82)89-64-70(62-85-72(77)56-49-42-34-29-26-25-28-33-41-48-55-68(7)9-2)91-74(79)59-52-45-36-31-24-21-18-19-22-27-32-39-46-53-66(3)4/h14-17,66-71,76H,8-13,18-65H2,1-7H3,(H,81,82)(H,83,84)/b15-14-,17-16-/t68?,69-,70-,71-/m1/s1. The third-order valence-corrected chi connectivity index (χ3v) is 19.0. The molecule has 0 saturated heterocycles. The fourth-order valence-corrected chi connectivity index (χ4v) is 12.4. The van der Waals surface area contributed by atoms with Crippen LogP contribution in [0.1, 0.15) is 357 Å². The van der Waals surface area contributed by atoms with E-state index in [1.807, 2.05) is 0 Å². The van der Waals surface area contributed by atoms with Crippen molar-refractivity contribution in [2.24, 2.45) is 17.8 Å². The average molecular weight is 1380 g/mol. The molecule has 3 unspecified atom stereocenters. The maximum atomic E-state index is 13.1. The zero-order valence-corrected chi connectivity index (χ0v) is 62.7. The zero-order chi connectivity index (χ0) is 69.4. The predicted molar refractivity (Wildman–Crippen MR) is 381 cm³/mol. The van der Waals surface area contributed by atoms with E-state index >= 15 is 0 Å². The van der Waals surface area contributed by atoms with E-state index in [1.54, 1.807) is 0 Å². The minimum absolute atomic E-state index is 0.0836. The Hall–Kier alpha value is -2.46. The van der Waals surface area contributed by atoms with Gasteiger partial charge in [0.15, 0.2) is 12.2 Å². The number of rotatable bonds is 71. The van der Waals surface area contributed by atoms with Crippen LogP contribution in [0.4, 0.5) is 0 Å². The van der Waals surface area contributed by atoms with Gasteiger partial charge in [0.25, 0.3) is 0 Å². The Morgan fingerprint density at radius 1 is 0.351 bits per heavy atom. The van der Waals surface area contributed by atoms with Crippen molar-refractivity contribution < 1.29 is 80.2 Å². The molecule has 3 N–H and O–H groups in total. The summed E-state index contributed by atoms with van der Waals surface area (Å²) in [5.41, 5.74) is 0. The minimum Gasteiger partial charge on any atom is -0.462 e. The maximum absolute atomic E-state index is 13.1. The number of unbranched alkanes of at least 4 members (excludes halogenated alkanes) is 35. The SMILES string of the molecule is CCCCCC/C=C\C=C/CCCCCCCC(=O)O[C@H](COC(=O)CCCCCCCCC(C)C)COP(=O)(O)OC[C@H](O)COP(=O)(O)OC[C@@H](COC(=O)CCCCCCCCCCCCC(C)CC)OC(=O)CCCCCCCCCCCCCCCC(C)C. The van der Waals surface area contributed by atoms with Crippen LogP contribution in [0.5, 0.6) is 0 Å². The van der Waals surface area contributed by atoms with Gasteiger partial charge in [-0.2, -0.15) is 0 Å². The monoisotopic (exact) mass is 1380 g/mol. The van der Waals surface area contributed by atoms with Gasteiger partial charge in [-0.15, -0.1) is 0 Å². The van der Waals surface area contributed by atoms with Gasteiger partial charge in [0, 0.05) is 25.7 Å². The zero-order valence-electron chi connectivity index (χ0n) is 60.9. The van der Waals surface area contributed by atoms with E-state index in [4.69, 9.17) is 37.0 Å². The number of allylic oxidation sites excluding steroid dienone is 4. The first-order chi connectivity index (χ1) is 45.3. The van der Waals surface area contributed by atoms with Gasteiger partial charge in [-0.05, 0) is 69.1 Å². The number of aliphatic hydroxyl groups excluding tert-OH is 1. The number of phosphoric ester groups is 2. The summed E-state index contributed by atoms with van der Waals surface area (Å²) in [5.74, 6) is 0.117. The molecule has 0 aliphatic rings. The smallest absolute Gasteiger partial charge is 0.462 e. The molecule has 19 heteroatoms. The van der Waals surface area contributed by atoms with Crippen molar-refractivity contribution >= 4 is 39.5 Å². The number of esters is 4. The molecular weight excluding hydrogens is 1230 g/mol. The Kier molecular flexibility index (Phi) is 63.5. The number of phosphoric acid groups is 2. The quantitative estimate of drug-likeness (QED) is 0.0169. The van der Waals surface area contributed by atoms with E-state index in [-0.39, 0.29) is 25.7 Å². The summed E-state index contributed by atoms with van der Waals surface area (Å²) in [4.78, 5) is 72.7. The number of carbonyl (C=O) groups is 4. The molecule has 0 heterocycles. The summed E-state index contributed by atoms with van der Waals surface area (Å²) in [6.07, 6.45) is 53.6. The van der Waals surface area contributed by atoms with Crippen molar-refractivity contribution in [3.63, 3.8) is 0 Å². The van der Waals surface area contributed by atoms with Crippen molar-refractivity contribution in [3.05, 3.63) is 24.3 Å². The van der Waals surface area contributed by atoms with Crippen molar-refractivity contribution in [2.45, 2.75) is 375 Å². The second-order valence-corrected chi connectivity index (χ2v) is 30.5. The predicted octanol–water partition coefficient (Wildman–Crippen LogP) is 21.3. The van der Waals surface area contributed by atoms with Crippen LogP contribution in [-0.2, 0) is 65.4 Å². The summed E-state index contributed by atoms with van der Waals surface area (Å²) >= 11 is 0. The van der Waals surface area contributed by atoms with Crippen LogP contribution in [0.2, 0.25) is 0 Å². The summed E-state index contributed by atoms with van der Waals surface area (Å²) in [6, 6.07) is 0. The molecule has 0 radical (unpaired) electrons. The third-order valence-electron chi connectivity index (χ3n) is 17.1. The molecule has 0 aromatic heterocycles. The van der Waals surface area contributed by atoms with Gasteiger partial charge in [0.2, 0.25) is 0 Å². The lowest BCUT2D eigenvalue weighted by atomic mass is 9.99. The number of carbonyl (C=O) groups excluding carboxylic acids is 4. The fourth-order valence-electron chi connectivity index (χ4n) is 10.9. The van der Waals surface area contributed by atoms with E-state index in [0.717, 1.165) is 121 Å². The van der Waals surface area contributed by atoms with Crippen LogP contribution in [-0.4, -0.2) is 96.7 Å². The number of aliphatic hydroxyl groups is 1. The summed E-state index contributed by atoms with van der Waals surface area (Å²) < 4.78 is 68.4. The second kappa shape index (κ2) is 65.2. The second-order valence-electron chi connectivity index (χ2n) is 27.5. The van der Waals surface area contributed by atoms with E-state index in [1.165, 1.54) is 148 Å². The topological polar surface area (TPSA) is 237 Å². The molecule has 0 aliphatic heterocycles. The minimum atomic E-state index is -4.96. The summed E-state index contributed by atoms with van der Waals surface area (Å²) in [7, 11) is -9.92. The highest BCUT2D eigenvalue weighted by atomic mass is 31.2. The largest absolute Gasteiger partial charge is 0.472 e. The summed E-state index contributed by atoms with van der Waals surface area (Å²) in [5, 5.41) is 10.6. The lowest BCUT2D eigenvalue weighted by molar-refractivity contribution is -0.161. The van der Waals surface area contributed by atoms with Crippen molar-refractivity contribution in [2.75, 3.05) is 39.6 Å². The van der Waals surface area contributed by atoms with Gasteiger partial charge in [0.05, 0.1) is 26.4 Å². The van der Waals surface area contributed by atoms with Crippen LogP contribution in [0.15, 0.2) is 24.3 Å². The Morgan fingerprint density at radius 2 is 0.628 bits per heavy atom. The molecule has 0 spiro atoms. The van der Waals surface area contributed by atoms with Gasteiger partial charge < -0.3 is 33.8 Å². The highest BCUT2D eigenvalue weighted by Crippen LogP contribution is 2.45. The van der Waals surface area contributed by atoms with E-state index in [0.29, 0.717) is 31.6 Å². The Balaban J connectivity index is 5.28. The van der Waals surface area contributed by atoms with Gasteiger partial charge >= 0.3 is 39.5 Å². The molecule has 0 aromatic carbocycles. The van der Waals surface area contributed by atoms with Crippen LogP contribution >= 0.6 is 15.6 Å². The Bertz CT molecular complexity index is 1930. The number of ether oxygens (including phenoxy) is 4. The van der Waals surface area contributed by atoms with Crippen LogP contribution in [0.3, 0.4) is 0 Å². The lowest BCUT2D eigenvalue weighted by Crippen LogP contribution is -2.30. The fraction of sp³-hybridized carbons (Fsp3) is 0.893. The Labute approximate surface area is 573 Å². The normalized spacial score (nSPS) is 14.6. The molecule has 0 bridgehead atoms. The molecule has 0 amide bonds. The highest BCUT2D eigenvalue weighted by molar-refractivity contribution is 7.47. The van der Waals surface area contributed by atoms with E-state index < -0.39 is 97.5 Å². The third kappa shape index (κ3) is 66.8. The molecule has 0 aromatic rings. The van der Waals surface area contributed by atoms with Crippen LogP contribution < -0.4 is 0 Å². The molecule has 94 heavy (non-hydrogen) atoms. The molecular formula is C75H142O17P2. The molecule has 0 aliphatic carbocycles. The van der Waals surface area contributed by atoms with Crippen molar-refractivity contribution in [1.82, 2.24) is 0 Å². The van der Waals surface area contributed by atoms with Crippen molar-refractivity contribution in [3.8, 4) is 0 Å². The molecule has 0 rings (SSSR count). The maximum Gasteiger partial charge on any atom is 0.472 e. The Morgan fingerprint density at radius 3 is 0.947 bits per heavy atom. The molecule has 0 saturated carbocycles. The van der Waals surface area contributed by atoms with Crippen LogP contribution in [0.25, 0.3) is 0 Å². The van der Waals surface area contributed by atoms with Crippen molar-refractivity contribution in [1.29, 1.82) is 0 Å².